The van der Waals surface area contributed by atoms with Gasteiger partial charge in [-0.1, -0.05) is 29.3 Å². The van der Waals surface area contributed by atoms with E-state index in [1.165, 1.54) is 17.2 Å². The van der Waals surface area contributed by atoms with Gasteiger partial charge in [-0.05, 0) is 24.1 Å². The number of carboxylic acid groups (broad SMARTS) is 1. The van der Waals surface area contributed by atoms with Crippen LogP contribution in [0.4, 0.5) is 5.82 Å². The van der Waals surface area contributed by atoms with Gasteiger partial charge in [-0.25, -0.2) is 15.0 Å². The molecule has 1 aliphatic rings. The Labute approximate surface area is 210 Å². The number of fused-ring (bicyclic) bond motifs is 1. The molecule has 4 rings (SSSR count). The minimum absolute atomic E-state index is 0.150. The second kappa shape index (κ2) is 10.6. The molecule has 0 spiro atoms. The molecular weight excluding hydrogens is 501 g/mol. The number of aliphatic hydroxyl groups excluding tert-OH is 2. The number of carbonyl (C=O) groups is 1. The zero-order valence-electron chi connectivity index (χ0n) is 18.4. The molecule has 12 nitrogen and oxygen atoms in total. The van der Waals surface area contributed by atoms with Gasteiger partial charge in [0.05, 0.1) is 6.33 Å². The summed E-state index contributed by atoms with van der Waals surface area (Å²) in [5, 5.41) is 31.6. The Balaban J connectivity index is 1.54. The van der Waals surface area contributed by atoms with Gasteiger partial charge >= 0.3 is 5.97 Å². The molecular formula is C21H25Cl2N7O5. The predicted molar refractivity (Wildman–Crippen MR) is 128 cm³/mol. The van der Waals surface area contributed by atoms with Crippen LogP contribution in [0.15, 0.2) is 30.9 Å². The highest BCUT2D eigenvalue weighted by atomic mass is 35.5. The summed E-state index contributed by atoms with van der Waals surface area (Å²) in [5.41, 5.74) is 13.0. The zero-order chi connectivity index (χ0) is 25.3. The van der Waals surface area contributed by atoms with Crippen molar-refractivity contribution >= 4 is 46.2 Å². The molecule has 2 aromatic heterocycles. The molecule has 3 heterocycles. The molecule has 3 aromatic rings. The highest BCUT2D eigenvalue weighted by molar-refractivity contribution is 6.35. The number of anilines is 1. The van der Waals surface area contributed by atoms with E-state index in [9.17, 15) is 15.0 Å². The molecule has 0 radical (unpaired) electrons. The smallest absolute Gasteiger partial charge is 0.320 e. The number of halogens is 2. The maximum absolute atomic E-state index is 11.2. The summed E-state index contributed by atoms with van der Waals surface area (Å²) < 4.78 is 7.52. The number of carboxylic acids is 1. The molecule has 1 aromatic carbocycles. The summed E-state index contributed by atoms with van der Waals surface area (Å²) in [5.74, 6) is -0.936. The molecule has 188 valence electrons. The Morgan fingerprint density at radius 1 is 1.23 bits per heavy atom. The second-order valence-electron chi connectivity index (χ2n) is 8.33. The van der Waals surface area contributed by atoms with Crippen molar-refractivity contribution in [2.24, 2.45) is 5.73 Å². The Hall–Kier alpha value is -2.58. The van der Waals surface area contributed by atoms with E-state index in [-0.39, 0.29) is 25.3 Å². The third-order valence-electron chi connectivity index (χ3n) is 5.92. The highest BCUT2D eigenvalue weighted by Crippen LogP contribution is 2.33. The van der Waals surface area contributed by atoms with Gasteiger partial charge in [0, 0.05) is 29.7 Å². The van der Waals surface area contributed by atoms with Crippen molar-refractivity contribution in [3.8, 4) is 0 Å². The molecule has 0 bridgehead atoms. The summed E-state index contributed by atoms with van der Waals surface area (Å²) in [6.07, 6.45) is -1.49. The molecule has 5 atom stereocenters. The quantitative estimate of drug-likeness (QED) is 0.263. The lowest BCUT2D eigenvalue weighted by Gasteiger charge is -2.27. The molecule has 0 amide bonds. The number of aromatic nitrogens is 4. The first-order valence-electron chi connectivity index (χ1n) is 10.7. The third-order valence-corrected chi connectivity index (χ3v) is 6.51. The van der Waals surface area contributed by atoms with E-state index >= 15 is 0 Å². The maximum atomic E-state index is 11.2. The van der Waals surface area contributed by atoms with Crippen LogP contribution >= 0.6 is 23.2 Å². The van der Waals surface area contributed by atoms with Gasteiger partial charge in [0.1, 0.15) is 36.2 Å². The molecule has 1 saturated heterocycles. The van der Waals surface area contributed by atoms with Gasteiger partial charge in [-0.3, -0.25) is 14.3 Å². The van der Waals surface area contributed by atoms with Crippen LogP contribution in [0.25, 0.3) is 11.2 Å². The first kappa shape index (κ1) is 25.5. The number of benzene rings is 1. The van der Waals surface area contributed by atoms with E-state index in [1.54, 1.807) is 18.2 Å². The monoisotopic (exact) mass is 525 g/mol. The lowest BCUT2D eigenvalue weighted by Crippen LogP contribution is -2.42. The number of imidazole rings is 1. The Morgan fingerprint density at radius 2 is 2.00 bits per heavy atom. The molecule has 14 heteroatoms. The van der Waals surface area contributed by atoms with Crippen LogP contribution in [0.5, 0.6) is 0 Å². The number of aliphatic hydroxyl groups is 2. The molecule has 0 saturated carbocycles. The maximum Gasteiger partial charge on any atom is 0.320 e. The summed E-state index contributed by atoms with van der Waals surface area (Å²) in [6.45, 7) is 0.745. The number of nitrogen functional groups attached to an aromatic ring is 1. The minimum atomic E-state index is -1.28. The first-order valence-corrected chi connectivity index (χ1v) is 11.5. The van der Waals surface area contributed by atoms with Gasteiger partial charge in [-0.2, -0.15) is 0 Å². The number of hydrogen-bond acceptors (Lipinski definition) is 10. The lowest BCUT2D eigenvalue weighted by molar-refractivity contribution is -0.138. The third kappa shape index (κ3) is 5.48. The van der Waals surface area contributed by atoms with E-state index in [0.717, 1.165) is 5.56 Å². The van der Waals surface area contributed by atoms with E-state index < -0.39 is 36.6 Å². The van der Waals surface area contributed by atoms with Crippen LogP contribution in [0.2, 0.25) is 10.0 Å². The number of aliphatic carboxylic acids is 1. The Kier molecular flexibility index (Phi) is 7.71. The largest absolute Gasteiger partial charge is 0.480 e. The van der Waals surface area contributed by atoms with Crippen molar-refractivity contribution < 1.29 is 24.9 Å². The van der Waals surface area contributed by atoms with Gasteiger partial charge in [0.15, 0.2) is 17.7 Å². The fourth-order valence-electron chi connectivity index (χ4n) is 3.99. The van der Waals surface area contributed by atoms with Gasteiger partial charge in [0.25, 0.3) is 0 Å². The fraction of sp³-hybridized carbons (Fsp3) is 0.429. The lowest BCUT2D eigenvalue weighted by atomic mass is 10.1. The zero-order valence-corrected chi connectivity index (χ0v) is 19.9. The van der Waals surface area contributed by atoms with Crippen molar-refractivity contribution in [3.05, 3.63) is 46.5 Å². The van der Waals surface area contributed by atoms with Gasteiger partial charge in [-0.15, -0.1) is 0 Å². The first-order chi connectivity index (χ1) is 16.7. The molecule has 7 N–H and O–H groups in total. The minimum Gasteiger partial charge on any atom is -0.480 e. The van der Waals surface area contributed by atoms with Crippen molar-refractivity contribution in [2.45, 2.75) is 43.5 Å². The van der Waals surface area contributed by atoms with Crippen molar-refractivity contribution in [2.75, 3.05) is 18.8 Å². The predicted octanol–water partition coefficient (Wildman–Crippen LogP) is 0.639. The SMILES string of the molecule is Nc1ncnc2c1ncn2[C@@H]1O[C@H](CN(CC[C@H](N)C(=O)O)Cc2ccc(Cl)cc2Cl)[C@@H](O)[C@H]1O. The van der Waals surface area contributed by atoms with E-state index in [4.69, 9.17) is 44.5 Å². The van der Waals surface area contributed by atoms with Crippen LogP contribution in [-0.4, -0.2) is 83.2 Å². The van der Waals surface area contributed by atoms with Crippen LogP contribution in [0.3, 0.4) is 0 Å². The van der Waals surface area contributed by atoms with Gasteiger partial charge < -0.3 is 31.5 Å². The topological polar surface area (TPSA) is 186 Å². The van der Waals surface area contributed by atoms with Crippen LogP contribution in [-0.2, 0) is 16.1 Å². The molecule has 0 aliphatic carbocycles. The standard InChI is InChI=1S/C21H25Cl2N7O5/c22-11-2-1-10(12(23)5-11)6-29(4-3-13(24)21(33)34)7-14-16(31)17(32)20(35-14)30-9-28-15-18(25)26-8-27-19(15)30/h1-2,5,8-9,13-14,16-17,20,31-32H,3-4,6-7,24H2,(H,33,34)(H2,25,26,27)/t13-,14+,16+,17+,20+/m0/s1. The average Bonchev–Trinajstić information content (AvgIpc) is 3.36. The van der Waals surface area contributed by atoms with Crippen molar-refractivity contribution in [1.82, 2.24) is 24.4 Å². The van der Waals surface area contributed by atoms with Crippen LogP contribution < -0.4 is 11.5 Å². The molecule has 1 aliphatic heterocycles. The Morgan fingerprint density at radius 3 is 2.71 bits per heavy atom. The molecule has 1 fully saturated rings. The summed E-state index contributed by atoms with van der Waals surface area (Å²) in [7, 11) is 0. The number of ether oxygens (including phenoxy) is 1. The van der Waals surface area contributed by atoms with Crippen molar-refractivity contribution in [1.29, 1.82) is 0 Å². The van der Waals surface area contributed by atoms with Crippen molar-refractivity contribution in [3.63, 3.8) is 0 Å². The number of nitrogens with two attached hydrogens (primary N) is 2. The Bertz CT molecular complexity index is 1210. The van der Waals surface area contributed by atoms with Crippen LogP contribution in [0.1, 0.15) is 18.2 Å². The number of nitrogens with zero attached hydrogens (tertiary/aromatic N) is 5. The summed E-state index contributed by atoms with van der Waals surface area (Å²) in [6, 6.07) is 4.01. The van der Waals surface area contributed by atoms with Crippen LogP contribution in [0, 0.1) is 0 Å². The molecule has 0 unspecified atom stereocenters. The van der Waals surface area contributed by atoms with E-state index in [0.29, 0.717) is 27.8 Å². The highest BCUT2D eigenvalue weighted by Gasteiger charge is 2.45. The summed E-state index contributed by atoms with van der Waals surface area (Å²) >= 11 is 12.3. The fourth-order valence-corrected chi connectivity index (χ4v) is 4.46. The average molecular weight is 526 g/mol. The normalized spacial score (nSPS) is 23.3. The van der Waals surface area contributed by atoms with E-state index in [2.05, 4.69) is 15.0 Å². The second-order valence-corrected chi connectivity index (χ2v) is 9.18. The van der Waals surface area contributed by atoms with Gasteiger partial charge in [0.2, 0.25) is 0 Å². The summed E-state index contributed by atoms with van der Waals surface area (Å²) in [4.78, 5) is 25.3. The molecule has 35 heavy (non-hydrogen) atoms. The number of hydrogen-bond donors (Lipinski definition) is 5. The number of rotatable bonds is 9. The van der Waals surface area contributed by atoms with E-state index in [1.807, 2.05) is 4.90 Å².